The Labute approximate surface area is 206 Å². The SMILES string of the molecule is C[C@@H]1C[C@@H]([C@H]2OC2(C)C)O[C@H]2C[C@@]3(C)C(=C12)C[C@H](O)[C@H]1[C@@]2(C)CCC(=O)C(C)(C)[C@@H]2CC[C@@]13C. The number of Topliss-reactive ketones (excluding diaryl/α,β-unsaturated/α-hetero) is 1. The highest BCUT2D eigenvalue weighted by Gasteiger charge is 2.70. The Kier molecular flexibility index (Phi) is 4.72. The van der Waals surface area contributed by atoms with Crippen molar-refractivity contribution in [3.05, 3.63) is 11.1 Å². The van der Waals surface area contributed by atoms with E-state index in [0.717, 1.165) is 38.5 Å². The molecule has 190 valence electrons. The Morgan fingerprint density at radius 1 is 1.03 bits per heavy atom. The first kappa shape index (κ1) is 23.7. The van der Waals surface area contributed by atoms with Gasteiger partial charge in [0.2, 0.25) is 0 Å². The zero-order valence-electron chi connectivity index (χ0n) is 22.7. The van der Waals surface area contributed by atoms with Crippen LogP contribution in [0.4, 0.5) is 0 Å². The van der Waals surface area contributed by atoms with Gasteiger partial charge in [-0.25, -0.2) is 0 Å². The highest BCUT2D eigenvalue weighted by molar-refractivity contribution is 5.85. The van der Waals surface area contributed by atoms with Crippen LogP contribution in [0, 0.1) is 39.4 Å². The average Bonchev–Trinajstić information content (AvgIpc) is 3.25. The van der Waals surface area contributed by atoms with Crippen molar-refractivity contribution >= 4 is 5.78 Å². The van der Waals surface area contributed by atoms with E-state index in [2.05, 4.69) is 55.4 Å². The summed E-state index contributed by atoms with van der Waals surface area (Å²) in [6.07, 6.45) is 6.79. The van der Waals surface area contributed by atoms with Gasteiger partial charge in [0.05, 0.1) is 23.9 Å². The van der Waals surface area contributed by atoms with Crippen LogP contribution in [-0.4, -0.2) is 40.9 Å². The van der Waals surface area contributed by atoms with E-state index in [1.165, 1.54) is 11.1 Å². The number of carbonyl (C=O) groups excluding carboxylic acids is 1. The van der Waals surface area contributed by atoms with Crippen molar-refractivity contribution in [3.8, 4) is 0 Å². The summed E-state index contributed by atoms with van der Waals surface area (Å²) in [7, 11) is 0. The molecule has 4 heteroatoms. The lowest BCUT2D eigenvalue weighted by Crippen LogP contribution is -2.65. The molecule has 10 atom stereocenters. The van der Waals surface area contributed by atoms with Gasteiger partial charge in [-0.2, -0.15) is 0 Å². The van der Waals surface area contributed by atoms with Crippen LogP contribution in [0.25, 0.3) is 0 Å². The Morgan fingerprint density at radius 3 is 2.35 bits per heavy atom. The number of hydrogen-bond donors (Lipinski definition) is 1. The van der Waals surface area contributed by atoms with Crippen LogP contribution in [0.2, 0.25) is 0 Å². The van der Waals surface area contributed by atoms with Crippen molar-refractivity contribution in [3.63, 3.8) is 0 Å². The zero-order chi connectivity index (χ0) is 24.6. The maximum absolute atomic E-state index is 12.9. The first-order valence-electron chi connectivity index (χ1n) is 13.9. The predicted molar refractivity (Wildman–Crippen MR) is 132 cm³/mol. The largest absolute Gasteiger partial charge is 0.392 e. The topological polar surface area (TPSA) is 59.1 Å². The van der Waals surface area contributed by atoms with Crippen LogP contribution in [-0.2, 0) is 14.3 Å². The zero-order valence-corrected chi connectivity index (χ0v) is 22.7. The van der Waals surface area contributed by atoms with Crippen LogP contribution in [0.3, 0.4) is 0 Å². The summed E-state index contributed by atoms with van der Waals surface area (Å²) in [4.78, 5) is 12.9. The number of carbonyl (C=O) groups is 1. The lowest BCUT2D eigenvalue weighted by Gasteiger charge is -2.68. The van der Waals surface area contributed by atoms with E-state index in [1.54, 1.807) is 0 Å². The van der Waals surface area contributed by atoms with Crippen LogP contribution in [0.5, 0.6) is 0 Å². The lowest BCUT2D eigenvalue weighted by atomic mass is 9.36. The molecule has 2 aliphatic heterocycles. The molecule has 5 fully saturated rings. The van der Waals surface area contributed by atoms with Gasteiger partial charge in [-0.3, -0.25) is 4.79 Å². The summed E-state index contributed by atoms with van der Waals surface area (Å²) in [5.74, 6) is 1.47. The van der Waals surface area contributed by atoms with Gasteiger partial charge in [-0.05, 0) is 91.9 Å². The Bertz CT molecular complexity index is 963. The molecule has 4 nitrogen and oxygen atoms in total. The third kappa shape index (κ3) is 2.74. The molecular formula is C30H46O4. The summed E-state index contributed by atoms with van der Waals surface area (Å²) in [6.45, 7) is 18.5. The molecule has 6 aliphatic rings. The fourth-order valence-electron chi connectivity index (χ4n) is 10.6. The molecule has 0 bridgehead atoms. The minimum Gasteiger partial charge on any atom is -0.392 e. The van der Waals surface area contributed by atoms with Gasteiger partial charge in [0.25, 0.3) is 0 Å². The number of aliphatic hydroxyl groups excluding tert-OH is 1. The molecule has 34 heavy (non-hydrogen) atoms. The molecule has 0 aromatic rings. The number of ether oxygens (including phenoxy) is 2. The molecular weight excluding hydrogens is 424 g/mol. The molecule has 0 aromatic heterocycles. The van der Waals surface area contributed by atoms with Crippen LogP contribution in [0.15, 0.2) is 11.1 Å². The van der Waals surface area contributed by atoms with Crippen molar-refractivity contribution in [1.82, 2.24) is 0 Å². The van der Waals surface area contributed by atoms with Gasteiger partial charge < -0.3 is 14.6 Å². The van der Waals surface area contributed by atoms with Gasteiger partial charge in [-0.15, -0.1) is 0 Å². The number of fused-ring (bicyclic) bond motifs is 6. The van der Waals surface area contributed by atoms with E-state index < -0.39 is 0 Å². The molecule has 2 saturated heterocycles. The first-order valence-corrected chi connectivity index (χ1v) is 13.9. The fourth-order valence-corrected chi connectivity index (χ4v) is 10.6. The normalized spacial score (nSPS) is 55.2. The molecule has 3 saturated carbocycles. The molecule has 0 aromatic carbocycles. The number of aliphatic hydroxyl groups is 1. The minimum absolute atomic E-state index is 0.00230. The average molecular weight is 471 g/mol. The van der Waals surface area contributed by atoms with Gasteiger partial charge >= 0.3 is 0 Å². The van der Waals surface area contributed by atoms with E-state index in [-0.39, 0.29) is 57.6 Å². The van der Waals surface area contributed by atoms with Crippen molar-refractivity contribution in [2.45, 2.75) is 130 Å². The van der Waals surface area contributed by atoms with E-state index >= 15 is 0 Å². The van der Waals surface area contributed by atoms with Crippen molar-refractivity contribution in [2.75, 3.05) is 0 Å². The summed E-state index contributed by atoms with van der Waals surface area (Å²) >= 11 is 0. The van der Waals surface area contributed by atoms with Gasteiger partial charge in [0, 0.05) is 11.8 Å². The second kappa shape index (κ2) is 6.78. The smallest absolute Gasteiger partial charge is 0.138 e. The predicted octanol–water partition coefficient (Wildman–Crippen LogP) is 5.86. The molecule has 0 unspecified atom stereocenters. The molecule has 0 spiro atoms. The Morgan fingerprint density at radius 2 is 1.71 bits per heavy atom. The number of hydrogen-bond acceptors (Lipinski definition) is 4. The minimum atomic E-state index is -0.341. The molecule has 0 radical (unpaired) electrons. The van der Waals surface area contributed by atoms with E-state index in [0.29, 0.717) is 24.0 Å². The second-order valence-electron chi connectivity index (χ2n) is 14.8. The van der Waals surface area contributed by atoms with E-state index in [1.807, 2.05) is 0 Å². The quantitative estimate of drug-likeness (QED) is 0.385. The molecule has 1 N–H and O–H groups in total. The van der Waals surface area contributed by atoms with E-state index in [4.69, 9.17) is 9.47 Å². The second-order valence-corrected chi connectivity index (χ2v) is 14.8. The summed E-state index contributed by atoms with van der Waals surface area (Å²) in [6, 6.07) is 0. The highest BCUT2D eigenvalue weighted by Crippen LogP contribution is 2.74. The first-order chi connectivity index (χ1) is 15.7. The van der Waals surface area contributed by atoms with Crippen LogP contribution >= 0.6 is 0 Å². The van der Waals surface area contributed by atoms with Crippen molar-refractivity contribution < 1.29 is 19.4 Å². The van der Waals surface area contributed by atoms with Crippen LogP contribution in [0.1, 0.15) is 100 Å². The van der Waals surface area contributed by atoms with Gasteiger partial charge in [0.1, 0.15) is 11.9 Å². The maximum atomic E-state index is 12.9. The maximum Gasteiger partial charge on any atom is 0.138 e. The third-order valence-corrected chi connectivity index (χ3v) is 12.5. The molecule has 4 aliphatic carbocycles. The summed E-state index contributed by atoms with van der Waals surface area (Å²) in [5.41, 5.74) is 2.72. The Balaban J connectivity index is 1.38. The monoisotopic (exact) mass is 470 g/mol. The molecule has 6 rings (SSSR count). The van der Waals surface area contributed by atoms with E-state index in [9.17, 15) is 9.90 Å². The van der Waals surface area contributed by atoms with Gasteiger partial charge in [0.15, 0.2) is 0 Å². The summed E-state index contributed by atoms with van der Waals surface area (Å²) < 4.78 is 12.8. The number of rotatable bonds is 1. The third-order valence-electron chi connectivity index (χ3n) is 12.5. The standard InChI is InChI=1S/C30H46O4/c1-16-13-19(25-27(4,5)34-25)33-20-15-30(8)17(23(16)20)14-18(31)24-28(6)11-10-22(32)26(2,3)21(28)9-12-29(24,30)7/h16,18-21,24-25,31H,9-15H2,1-8H3/t16-,18+,19+,20+,21+,24+,25-,28+,29+,30+/m1/s1. The molecule has 0 amide bonds. The fraction of sp³-hybridized carbons (Fsp3) is 0.900. The van der Waals surface area contributed by atoms with Crippen molar-refractivity contribution in [2.24, 2.45) is 39.4 Å². The Hall–Kier alpha value is -0.710. The van der Waals surface area contributed by atoms with Crippen LogP contribution < -0.4 is 0 Å². The lowest BCUT2D eigenvalue weighted by molar-refractivity contribution is -0.210. The number of epoxide rings is 1. The summed E-state index contributed by atoms with van der Waals surface area (Å²) in [5, 5.41) is 11.9. The number of ketones is 1. The van der Waals surface area contributed by atoms with Crippen molar-refractivity contribution in [1.29, 1.82) is 0 Å². The molecule has 2 heterocycles. The van der Waals surface area contributed by atoms with Gasteiger partial charge in [-0.1, -0.05) is 47.1 Å². The highest BCUT2D eigenvalue weighted by atomic mass is 16.6.